The standard InChI is InChI=1S/C15H21F2NO4/c1-15(2,3)22-14(20)18-12(8-19)10-4-6-11(7-5-10)21-9-13(16)17/h4-7,12-13,19H,8-9H2,1-3H3,(H,18,20). The highest BCUT2D eigenvalue weighted by Crippen LogP contribution is 2.19. The maximum Gasteiger partial charge on any atom is 0.408 e. The molecule has 7 heteroatoms. The monoisotopic (exact) mass is 317 g/mol. The molecule has 0 radical (unpaired) electrons. The predicted octanol–water partition coefficient (Wildman–Crippen LogP) is 2.89. The molecular formula is C15H21F2NO4. The van der Waals surface area contributed by atoms with E-state index in [4.69, 9.17) is 9.47 Å². The van der Waals surface area contributed by atoms with Crippen molar-refractivity contribution >= 4 is 6.09 Å². The molecule has 0 saturated heterocycles. The van der Waals surface area contributed by atoms with Gasteiger partial charge in [0, 0.05) is 0 Å². The van der Waals surface area contributed by atoms with Gasteiger partial charge in [-0.3, -0.25) is 0 Å². The first-order valence-electron chi connectivity index (χ1n) is 6.82. The zero-order valence-corrected chi connectivity index (χ0v) is 12.8. The molecule has 1 amide bonds. The Morgan fingerprint density at radius 1 is 1.27 bits per heavy atom. The molecule has 0 aliphatic carbocycles. The number of aliphatic hydroxyl groups excluding tert-OH is 1. The number of benzene rings is 1. The minimum atomic E-state index is -2.54. The van der Waals surface area contributed by atoms with E-state index in [1.807, 2.05) is 0 Å². The molecule has 0 aliphatic rings. The lowest BCUT2D eigenvalue weighted by atomic mass is 10.1. The van der Waals surface area contributed by atoms with Crippen LogP contribution < -0.4 is 10.1 Å². The molecule has 1 unspecified atom stereocenters. The van der Waals surface area contributed by atoms with Crippen LogP contribution in [0.15, 0.2) is 24.3 Å². The molecule has 124 valence electrons. The normalized spacial score (nSPS) is 12.9. The van der Waals surface area contributed by atoms with Crippen molar-refractivity contribution in [1.82, 2.24) is 5.32 Å². The van der Waals surface area contributed by atoms with E-state index in [0.29, 0.717) is 5.56 Å². The van der Waals surface area contributed by atoms with E-state index in [2.05, 4.69) is 5.32 Å². The summed E-state index contributed by atoms with van der Waals surface area (Å²) in [6, 6.07) is 5.51. The van der Waals surface area contributed by atoms with Crippen molar-refractivity contribution in [2.24, 2.45) is 0 Å². The third kappa shape index (κ3) is 6.71. The molecule has 2 N–H and O–H groups in total. The minimum absolute atomic E-state index is 0.290. The number of hydrogen-bond acceptors (Lipinski definition) is 4. The summed E-state index contributed by atoms with van der Waals surface area (Å²) < 4.78 is 34.1. The number of halogens is 2. The van der Waals surface area contributed by atoms with Gasteiger partial charge in [0.05, 0.1) is 12.6 Å². The molecular weight excluding hydrogens is 296 g/mol. The highest BCUT2D eigenvalue weighted by atomic mass is 19.3. The number of alkyl halides is 2. The molecule has 0 heterocycles. The highest BCUT2D eigenvalue weighted by Gasteiger charge is 2.20. The number of aliphatic hydroxyl groups is 1. The van der Waals surface area contributed by atoms with Gasteiger partial charge < -0.3 is 19.9 Å². The van der Waals surface area contributed by atoms with Gasteiger partial charge in [0.15, 0.2) is 0 Å². The van der Waals surface area contributed by atoms with E-state index in [9.17, 15) is 18.7 Å². The third-order valence-electron chi connectivity index (χ3n) is 2.53. The van der Waals surface area contributed by atoms with Crippen LogP contribution in [0.4, 0.5) is 13.6 Å². The summed E-state index contributed by atoms with van der Waals surface area (Å²) in [7, 11) is 0. The smallest absolute Gasteiger partial charge is 0.408 e. The number of hydrogen-bond donors (Lipinski definition) is 2. The summed E-state index contributed by atoms with van der Waals surface area (Å²) in [6.07, 6.45) is -3.19. The van der Waals surface area contributed by atoms with Crippen LogP contribution in [0.25, 0.3) is 0 Å². The molecule has 0 fully saturated rings. The Kier molecular flexibility index (Phi) is 6.55. The van der Waals surface area contributed by atoms with Crippen LogP contribution in [0.5, 0.6) is 5.75 Å². The van der Waals surface area contributed by atoms with Crippen molar-refractivity contribution in [1.29, 1.82) is 0 Å². The Morgan fingerprint density at radius 3 is 2.32 bits per heavy atom. The number of rotatable bonds is 6. The molecule has 1 aromatic carbocycles. The van der Waals surface area contributed by atoms with Gasteiger partial charge >= 0.3 is 6.09 Å². The summed E-state index contributed by atoms with van der Waals surface area (Å²) in [6.45, 7) is 4.19. The number of carbonyl (C=O) groups excluding carboxylic acids is 1. The van der Waals surface area contributed by atoms with Gasteiger partial charge in [-0.1, -0.05) is 12.1 Å². The molecule has 22 heavy (non-hydrogen) atoms. The van der Waals surface area contributed by atoms with Gasteiger partial charge in [0.2, 0.25) is 0 Å². The summed E-state index contributed by atoms with van der Waals surface area (Å²) >= 11 is 0. The van der Waals surface area contributed by atoms with E-state index in [1.54, 1.807) is 32.9 Å². The fraction of sp³-hybridized carbons (Fsp3) is 0.533. The predicted molar refractivity (Wildman–Crippen MR) is 77.1 cm³/mol. The van der Waals surface area contributed by atoms with Crippen LogP contribution in [-0.2, 0) is 4.74 Å². The summed E-state index contributed by atoms with van der Waals surface area (Å²) in [4.78, 5) is 11.7. The number of nitrogens with one attached hydrogen (secondary N) is 1. The summed E-state index contributed by atoms with van der Waals surface area (Å²) in [5.74, 6) is 0.290. The van der Waals surface area contributed by atoms with Gasteiger partial charge in [-0.05, 0) is 38.5 Å². The van der Waals surface area contributed by atoms with Gasteiger partial charge in [0.1, 0.15) is 18.0 Å². The van der Waals surface area contributed by atoms with E-state index in [-0.39, 0.29) is 12.4 Å². The average molecular weight is 317 g/mol. The SMILES string of the molecule is CC(C)(C)OC(=O)NC(CO)c1ccc(OCC(F)F)cc1. The topological polar surface area (TPSA) is 67.8 Å². The quantitative estimate of drug-likeness (QED) is 0.846. The minimum Gasteiger partial charge on any atom is -0.488 e. The number of carbonyl (C=O) groups is 1. The van der Waals surface area contributed by atoms with Crippen molar-refractivity contribution in [3.8, 4) is 5.75 Å². The second kappa shape index (κ2) is 7.93. The first-order valence-corrected chi connectivity index (χ1v) is 6.82. The molecule has 0 aliphatic heterocycles. The first-order chi connectivity index (χ1) is 10.2. The second-order valence-electron chi connectivity index (χ2n) is 5.65. The highest BCUT2D eigenvalue weighted by molar-refractivity contribution is 5.68. The number of amides is 1. The van der Waals surface area contributed by atoms with Gasteiger partial charge in [-0.15, -0.1) is 0 Å². The molecule has 0 bridgehead atoms. The van der Waals surface area contributed by atoms with Crippen molar-refractivity contribution < 1.29 is 28.2 Å². The van der Waals surface area contributed by atoms with Crippen molar-refractivity contribution in [2.45, 2.75) is 38.8 Å². The van der Waals surface area contributed by atoms with Crippen LogP contribution in [-0.4, -0.2) is 36.4 Å². The van der Waals surface area contributed by atoms with Gasteiger partial charge in [-0.25, -0.2) is 13.6 Å². The summed E-state index contributed by atoms with van der Waals surface area (Å²) in [5, 5.41) is 11.9. The van der Waals surface area contributed by atoms with Crippen molar-refractivity contribution in [3.05, 3.63) is 29.8 Å². The summed E-state index contributed by atoms with van der Waals surface area (Å²) in [5.41, 5.74) is -0.0328. The van der Waals surface area contributed by atoms with E-state index in [0.717, 1.165) is 0 Å². The largest absolute Gasteiger partial charge is 0.488 e. The molecule has 1 atom stereocenters. The van der Waals surface area contributed by atoms with Crippen molar-refractivity contribution in [3.63, 3.8) is 0 Å². The lowest BCUT2D eigenvalue weighted by molar-refractivity contribution is 0.0481. The molecule has 0 spiro atoms. The van der Waals surface area contributed by atoms with Crippen LogP contribution in [0.3, 0.4) is 0 Å². The lowest BCUT2D eigenvalue weighted by Crippen LogP contribution is -2.36. The lowest BCUT2D eigenvalue weighted by Gasteiger charge is -2.23. The van der Waals surface area contributed by atoms with Crippen LogP contribution in [0.1, 0.15) is 32.4 Å². The average Bonchev–Trinajstić information content (AvgIpc) is 2.41. The second-order valence-corrected chi connectivity index (χ2v) is 5.65. The molecule has 0 saturated carbocycles. The Labute approximate surface area is 128 Å². The molecule has 0 aromatic heterocycles. The maximum atomic E-state index is 12.0. The van der Waals surface area contributed by atoms with Crippen LogP contribution in [0.2, 0.25) is 0 Å². The Hall–Kier alpha value is -1.89. The van der Waals surface area contributed by atoms with Crippen molar-refractivity contribution in [2.75, 3.05) is 13.2 Å². The maximum absolute atomic E-state index is 12.0. The zero-order valence-electron chi connectivity index (χ0n) is 12.8. The molecule has 1 rings (SSSR count). The number of ether oxygens (including phenoxy) is 2. The Bertz CT molecular complexity index is 471. The fourth-order valence-electron chi connectivity index (χ4n) is 1.64. The molecule has 1 aromatic rings. The third-order valence-corrected chi connectivity index (χ3v) is 2.53. The Balaban J connectivity index is 2.65. The first kappa shape index (κ1) is 18.2. The zero-order chi connectivity index (χ0) is 16.8. The molecule has 5 nitrogen and oxygen atoms in total. The van der Waals surface area contributed by atoms with Crippen LogP contribution >= 0.6 is 0 Å². The van der Waals surface area contributed by atoms with Gasteiger partial charge in [-0.2, -0.15) is 0 Å². The fourth-order valence-corrected chi connectivity index (χ4v) is 1.64. The van der Waals surface area contributed by atoms with Crippen LogP contribution in [0, 0.1) is 0 Å². The van der Waals surface area contributed by atoms with E-state index < -0.39 is 30.8 Å². The van der Waals surface area contributed by atoms with E-state index >= 15 is 0 Å². The Morgan fingerprint density at radius 2 is 1.86 bits per heavy atom. The number of alkyl carbamates (subject to hydrolysis) is 1. The van der Waals surface area contributed by atoms with E-state index in [1.165, 1.54) is 12.1 Å². The van der Waals surface area contributed by atoms with Gasteiger partial charge in [0.25, 0.3) is 6.43 Å².